The van der Waals surface area contributed by atoms with Crippen LogP contribution in [0.5, 0.6) is 0 Å². The zero-order valence-corrected chi connectivity index (χ0v) is 9.19. The van der Waals surface area contributed by atoms with Crippen molar-refractivity contribution in [1.29, 1.82) is 0 Å². The number of hydrogen-bond acceptors (Lipinski definition) is 3. The summed E-state index contributed by atoms with van der Waals surface area (Å²) in [7, 11) is 0. The van der Waals surface area contributed by atoms with E-state index >= 15 is 0 Å². The van der Waals surface area contributed by atoms with Gasteiger partial charge >= 0.3 is 5.97 Å². The summed E-state index contributed by atoms with van der Waals surface area (Å²) in [6.07, 6.45) is 1.87. The van der Waals surface area contributed by atoms with Gasteiger partial charge in [0.1, 0.15) is 5.56 Å². The molecule has 1 rings (SSSR count). The van der Waals surface area contributed by atoms with Gasteiger partial charge in [-0.15, -0.1) is 0 Å². The second-order valence-electron chi connectivity index (χ2n) is 4.23. The standard InChI is InChI=1S/C10H16N2O3/c1-7-8(9(13)14)6-11-12(7)5-4-10(2,3)15/h6,15H,4-5H2,1-3H3,(H,13,14). The van der Waals surface area contributed by atoms with Crippen molar-refractivity contribution in [2.24, 2.45) is 0 Å². The van der Waals surface area contributed by atoms with E-state index in [0.29, 0.717) is 18.7 Å². The molecule has 0 aromatic carbocycles. The Morgan fingerprint density at radius 2 is 2.20 bits per heavy atom. The molecule has 0 atom stereocenters. The van der Waals surface area contributed by atoms with Crippen molar-refractivity contribution in [3.8, 4) is 0 Å². The summed E-state index contributed by atoms with van der Waals surface area (Å²) in [6, 6.07) is 0. The highest BCUT2D eigenvalue weighted by molar-refractivity contribution is 5.88. The summed E-state index contributed by atoms with van der Waals surface area (Å²) < 4.78 is 1.60. The van der Waals surface area contributed by atoms with Crippen molar-refractivity contribution in [2.75, 3.05) is 0 Å². The Morgan fingerprint density at radius 3 is 2.60 bits per heavy atom. The maximum Gasteiger partial charge on any atom is 0.339 e. The maximum absolute atomic E-state index is 10.7. The lowest BCUT2D eigenvalue weighted by atomic mass is 10.1. The Hall–Kier alpha value is -1.36. The van der Waals surface area contributed by atoms with Crippen LogP contribution >= 0.6 is 0 Å². The zero-order valence-electron chi connectivity index (χ0n) is 9.19. The number of carboxylic acids is 1. The summed E-state index contributed by atoms with van der Waals surface area (Å²) in [6.45, 7) is 5.65. The van der Waals surface area contributed by atoms with E-state index < -0.39 is 11.6 Å². The molecule has 1 aromatic heterocycles. The minimum Gasteiger partial charge on any atom is -0.478 e. The third-order valence-electron chi connectivity index (χ3n) is 2.27. The molecule has 5 heteroatoms. The Labute approximate surface area is 88.3 Å². The van der Waals surface area contributed by atoms with E-state index in [1.54, 1.807) is 25.5 Å². The topological polar surface area (TPSA) is 75.3 Å². The van der Waals surface area contributed by atoms with Crippen LogP contribution in [-0.4, -0.2) is 31.6 Å². The van der Waals surface area contributed by atoms with Crippen molar-refractivity contribution in [1.82, 2.24) is 9.78 Å². The number of rotatable bonds is 4. The molecular weight excluding hydrogens is 196 g/mol. The van der Waals surface area contributed by atoms with Crippen LogP contribution in [0, 0.1) is 6.92 Å². The molecule has 0 aliphatic heterocycles. The lowest BCUT2D eigenvalue weighted by Gasteiger charge is -2.17. The van der Waals surface area contributed by atoms with E-state index in [9.17, 15) is 9.90 Å². The Bertz CT molecular complexity index is 363. The summed E-state index contributed by atoms with van der Waals surface area (Å²) in [4.78, 5) is 10.7. The number of aryl methyl sites for hydroxylation is 1. The number of carboxylic acid groups (broad SMARTS) is 1. The molecule has 0 radical (unpaired) electrons. The van der Waals surface area contributed by atoms with Gasteiger partial charge in [0, 0.05) is 12.2 Å². The van der Waals surface area contributed by atoms with Crippen molar-refractivity contribution in [3.05, 3.63) is 17.5 Å². The normalized spacial score (nSPS) is 11.7. The lowest BCUT2D eigenvalue weighted by Crippen LogP contribution is -2.21. The Morgan fingerprint density at radius 1 is 1.60 bits per heavy atom. The SMILES string of the molecule is Cc1c(C(=O)O)cnn1CCC(C)(C)O. The second-order valence-corrected chi connectivity index (χ2v) is 4.23. The van der Waals surface area contributed by atoms with E-state index in [-0.39, 0.29) is 5.56 Å². The molecule has 1 heterocycles. The van der Waals surface area contributed by atoms with Crippen LogP contribution in [-0.2, 0) is 6.54 Å². The van der Waals surface area contributed by atoms with E-state index in [4.69, 9.17) is 5.11 Å². The minimum atomic E-state index is -0.970. The first-order valence-electron chi connectivity index (χ1n) is 4.79. The first-order valence-corrected chi connectivity index (χ1v) is 4.79. The molecule has 0 bridgehead atoms. The van der Waals surface area contributed by atoms with Gasteiger partial charge in [-0.2, -0.15) is 5.10 Å². The fourth-order valence-electron chi connectivity index (χ4n) is 1.26. The molecule has 15 heavy (non-hydrogen) atoms. The third kappa shape index (κ3) is 3.06. The van der Waals surface area contributed by atoms with Gasteiger partial charge in [-0.05, 0) is 27.2 Å². The van der Waals surface area contributed by atoms with Crippen molar-refractivity contribution < 1.29 is 15.0 Å². The smallest absolute Gasteiger partial charge is 0.339 e. The molecule has 0 aliphatic rings. The van der Waals surface area contributed by atoms with Gasteiger partial charge in [0.15, 0.2) is 0 Å². The number of aromatic nitrogens is 2. The van der Waals surface area contributed by atoms with Crippen LogP contribution < -0.4 is 0 Å². The number of carbonyl (C=O) groups is 1. The molecule has 2 N–H and O–H groups in total. The molecule has 0 aliphatic carbocycles. The van der Waals surface area contributed by atoms with Crippen molar-refractivity contribution in [3.63, 3.8) is 0 Å². The van der Waals surface area contributed by atoms with Gasteiger partial charge in [0.05, 0.1) is 11.8 Å². The third-order valence-corrected chi connectivity index (χ3v) is 2.27. The highest BCUT2D eigenvalue weighted by Gasteiger charge is 2.16. The van der Waals surface area contributed by atoms with Crippen LogP contribution in [0.15, 0.2) is 6.20 Å². The highest BCUT2D eigenvalue weighted by Crippen LogP contribution is 2.12. The predicted octanol–water partition coefficient (Wildman–Crippen LogP) is 1.05. The molecule has 0 fully saturated rings. The molecule has 84 valence electrons. The Kier molecular flexibility index (Phi) is 3.14. The van der Waals surface area contributed by atoms with E-state index in [1.165, 1.54) is 6.20 Å². The number of nitrogens with zero attached hydrogens (tertiary/aromatic N) is 2. The fraction of sp³-hybridized carbons (Fsp3) is 0.600. The summed E-state index contributed by atoms with van der Waals surface area (Å²) in [5, 5.41) is 22.3. The van der Waals surface area contributed by atoms with Crippen molar-refractivity contribution in [2.45, 2.75) is 39.3 Å². The van der Waals surface area contributed by atoms with Crippen LogP contribution in [0.4, 0.5) is 0 Å². The highest BCUT2D eigenvalue weighted by atomic mass is 16.4. The van der Waals surface area contributed by atoms with Crippen LogP contribution in [0.2, 0.25) is 0 Å². The maximum atomic E-state index is 10.7. The van der Waals surface area contributed by atoms with Gasteiger partial charge in [-0.1, -0.05) is 0 Å². The summed E-state index contributed by atoms with van der Waals surface area (Å²) in [5.41, 5.74) is 0.0689. The molecule has 0 saturated carbocycles. The van der Waals surface area contributed by atoms with Gasteiger partial charge in [0.25, 0.3) is 0 Å². The molecular formula is C10H16N2O3. The first-order chi connectivity index (χ1) is 6.81. The molecule has 0 unspecified atom stereocenters. The molecule has 0 amide bonds. The monoisotopic (exact) mass is 212 g/mol. The van der Waals surface area contributed by atoms with Crippen LogP contribution in [0.1, 0.15) is 36.3 Å². The van der Waals surface area contributed by atoms with Crippen molar-refractivity contribution >= 4 is 5.97 Å². The van der Waals surface area contributed by atoms with Gasteiger partial charge < -0.3 is 10.2 Å². The van der Waals surface area contributed by atoms with E-state index in [2.05, 4.69) is 5.10 Å². The van der Waals surface area contributed by atoms with E-state index in [0.717, 1.165) is 0 Å². The fourth-order valence-corrected chi connectivity index (χ4v) is 1.26. The van der Waals surface area contributed by atoms with E-state index in [1.807, 2.05) is 0 Å². The molecule has 1 aromatic rings. The minimum absolute atomic E-state index is 0.214. The molecule has 0 spiro atoms. The summed E-state index contributed by atoms with van der Waals surface area (Å²) >= 11 is 0. The quantitative estimate of drug-likeness (QED) is 0.782. The Balaban J connectivity index is 2.75. The number of aromatic carboxylic acids is 1. The van der Waals surface area contributed by atoms with Crippen LogP contribution in [0.25, 0.3) is 0 Å². The van der Waals surface area contributed by atoms with Crippen LogP contribution in [0.3, 0.4) is 0 Å². The second kappa shape index (κ2) is 4.02. The lowest BCUT2D eigenvalue weighted by molar-refractivity contribution is 0.0649. The summed E-state index contributed by atoms with van der Waals surface area (Å²) in [5.74, 6) is -0.970. The zero-order chi connectivity index (χ0) is 11.6. The number of aliphatic hydroxyl groups is 1. The molecule has 5 nitrogen and oxygen atoms in total. The predicted molar refractivity (Wildman–Crippen MR) is 54.8 cm³/mol. The molecule has 0 saturated heterocycles. The largest absolute Gasteiger partial charge is 0.478 e. The van der Waals surface area contributed by atoms with Gasteiger partial charge in [-0.25, -0.2) is 4.79 Å². The first kappa shape index (κ1) is 11.7. The average molecular weight is 212 g/mol. The average Bonchev–Trinajstić information content (AvgIpc) is 2.42. The van der Waals surface area contributed by atoms with Gasteiger partial charge in [-0.3, -0.25) is 4.68 Å². The number of hydrogen-bond donors (Lipinski definition) is 2. The van der Waals surface area contributed by atoms with Gasteiger partial charge in [0.2, 0.25) is 0 Å².